The highest BCUT2D eigenvalue weighted by atomic mass is 32.2. The van der Waals surface area contributed by atoms with E-state index in [0.29, 0.717) is 0 Å². The highest BCUT2D eigenvalue weighted by Crippen LogP contribution is 2.02. The van der Waals surface area contributed by atoms with Crippen LogP contribution in [0.5, 0.6) is 0 Å². The summed E-state index contributed by atoms with van der Waals surface area (Å²) in [4.78, 5) is 21.6. The highest BCUT2D eigenvalue weighted by Gasteiger charge is 2.23. The fourth-order valence-electron chi connectivity index (χ4n) is 1.13. The predicted molar refractivity (Wildman–Crippen MR) is 72.0 cm³/mol. The molecule has 19 heavy (non-hydrogen) atoms. The molecule has 0 saturated carbocycles. The van der Waals surface area contributed by atoms with E-state index in [0.717, 1.165) is 6.92 Å². The molecule has 7 nitrogen and oxygen atoms in total. The van der Waals surface area contributed by atoms with E-state index in [9.17, 15) is 22.2 Å². The molecule has 0 radical (unpaired) electrons. The van der Waals surface area contributed by atoms with Crippen LogP contribution in [0.25, 0.3) is 0 Å². The summed E-state index contributed by atoms with van der Waals surface area (Å²) in [5, 5.41) is 10.4. The van der Waals surface area contributed by atoms with E-state index in [-0.39, 0.29) is 17.3 Å². The monoisotopic (exact) mass is 313 g/mol. The number of sulfone groups is 1. The first-order valence-corrected chi connectivity index (χ1v) is 8.83. The summed E-state index contributed by atoms with van der Waals surface area (Å²) in [5.41, 5.74) is 0. The van der Waals surface area contributed by atoms with Crippen molar-refractivity contribution < 1.29 is 27.3 Å². The zero-order chi connectivity index (χ0) is 15.2. The van der Waals surface area contributed by atoms with Gasteiger partial charge in [0, 0.05) is 23.5 Å². The lowest BCUT2D eigenvalue weighted by Crippen LogP contribution is -2.44. The third kappa shape index (κ3) is 7.26. The first-order chi connectivity index (χ1) is 8.56. The van der Waals surface area contributed by atoms with Gasteiger partial charge in [-0.15, -0.1) is 0 Å². The number of carboxylic acid groups (broad SMARTS) is 1. The Hall–Kier alpha value is -0.960. The van der Waals surface area contributed by atoms with E-state index in [1.54, 1.807) is 0 Å². The van der Waals surface area contributed by atoms with Crippen molar-refractivity contribution in [1.82, 2.24) is 5.32 Å². The fraction of sp³-hybridized carbons (Fsp3) is 0.800. The zero-order valence-corrected chi connectivity index (χ0v) is 12.7. The molecule has 0 aromatic heterocycles. The molecule has 0 fully saturated rings. The summed E-state index contributed by atoms with van der Waals surface area (Å²) < 4.78 is 34.7. The average molecular weight is 313 g/mol. The molecule has 0 heterocycles. The maximum atomic E-state index is 11.6. The number of aliphatic carboxylic acids is 1. The van der Waals surface area contributed by atoms with Gasteiger partial charge in [0.05, 0.1) is 16.8 Å². The second kappa shape index (κ2) is 7.59. The summed E-state index contributed by atoms with van der Waals surface area (Å²) in [7, 11) is -4.93. The van der Waals surface area contributed by atoms with Crippen molar-refractivity contribution in [3.8, 4) is 0 Å². The standard InChI is InChI=1S/C10H19NO6S2/c1-7(2)19(16,17)5-4-18(15)6-9(10(13)14)11-8(3)12/h7,9H,4-6H2,1-3H3,(H,11,12)(H,13,14). The number of hydrogen-bond donors (Lipinski definition) is 2. The highest BCUT2D eigenvalue weighted by molar-refractivity contribution is 7.93. The fourth-order valence-corrected chi connectivity index (χ4v) is 4.04. The van der Waals surface area contributed by atoms with Gasteiger partial charge in [-0.2, -0.15) is 0 Å². The van der Waals surface area contributed by atoms with E-state index in [1.165, 1.54) is 13.8 Å². The van der Waals surface area contributed by atoms with Gasteiger partial charge >= 0.3 is 5.97 Å². The van der Waals surface area contributed by atoms with E-state index in [4.69, 9.17) is 5.11 Å². The number of carbonyl (C=O) groups excluding carboxylic acids is 1. The third-order valence-electron chi connectivity index (χ3n) is 2.34. The smallest absolute Gasteiger partial charge is 0.327 e. The van der Waals surface area contributed by atoms with Gasteiger partial charge < -0.3 is 10.4 Å². The molecule has 0 aliphatic heterocycles. The molecule has 2 N–H and O–H groups in total. The minimum Gasteiger partial charge on any atom is -0.480 e. The first-order valence-electron chi connectivity index (χ1n) is 5.62. The molecule has 0 aliphatic carbocycles. The molecule has 0 aromatic carbocycles. The van der Waals surface area contributed by atoms with Crippen molar-refractivity contribution in [3.63, 3.8) is 0 Å². The van der Waals surface area contributed by atoms with Crippen LogP contribution >= 0.6 is 0 Å². The summed E-state index contributed by atoms with van der Waals surface area (Å²) >= 11 is 0. The molecule has 0 aliphatic rings. The molecular weight excluding hydrogens is 294 g/mol. The Balaban J connectivity index is 4.44. The number of carbonyl (C=O) groups is 2. The Labute approximate surface area is 115 Å². The molecule has 9 heteroatoms. The number of rotatable bonds is 8. The van der Waals surface area contributed by atoms with Crippen LogP contribution in [-0.2, 0) is 30.2 Å². The van der Waals surface area contributed by atoms with Crippen LogP contribution in [0, 0.1) is 0 Å². The maximum Gasteiger partial charge on any atom is 0.327 e. The van der Waals surface area contributed by atoms with Crippen LogP contribution in [0.3, 0.4) is 0 Å². The van der Waals surface area contributed by atoms with Gasteiger partial charge in [-0.1, -0.05) is 0 Å². The van der Waals surface area contributed by atoms with Gasteiger partial charge in [-0.05, 0) is 13.8 Å². The van der Waals surface area contributed by atoms with Crippen molar-refractivity contribution >= 4 is 32.5 Å². The Kier molecular flexibility index (Phi) is 7.20. The molecule has 0 aromatic rings. The molecule has 0 bridgehead atoms. The minimum atomic E-state index is -3.30. The zero-order valence-electron chi connectivity index (χ0n) is 11.1. The van der Waals surface area contributed by atoms with Gasteiger partial charge in [0.25, 0.3) is 0 Å². The minimum absolute atomic E-state index is 0.135. The normalized spacial score (nSPS) is 14.9. The van der Waals surface area contributed by atoms with Crippen molar-refractivity contribution in [3.05, 3.63) is 0 Å². The molecule has 0 saturated heterocycles. The summed E-state index contributed by atoms with van der Waals surface area (Å²) in [5.74, 6) is -2.54. The van der Waals surface area contributed by atoms with Crippen molar-refractivity contribution in [2.24, 2.45) is 0 Å². The van der Waals surface area contributed by atoms with Gasteiger partial charge in [-0.3, -0.25) is 9.00 Å². The van der Waals surface area contributed by atoms with Crippen LogP contribution < -0.4 is 5.32 Å². The van der Waals surface area contributed by atoms with Crippen LogP contribution in [0.1, 0.15) is 20.8 Å². The van der Waals surface area contributed by atoms with E-state index in [1.807, 2.05) is 0 Å². The van der Waals surface area contributed by atoms with Gasteiger partial charge in [0.15, 0.2) is 9.84 Å². The van der Waals surface area contributed by atoms with Crippen LogP contribution in [0.15, 0.2) is 0 Å². The number of carboxylic acids is 1. The Bertz CT molecular complexity index is 457. The third-order valence-corrected chi connectivity index (χ3v) is 6.17. The summed E-state index contributed by atoms with van der Waals surface area (Å²) in [6, 6.07) is -1.26. The van der Waals surface area contributed by atoms with Crippen molar-refractivity contribution in [1.29, 1.82) is 0 Å². The molecule has 0 rings (SSSR count). The molecule has 0 spiro atoms. The Morgan fingerprint density at radius 1 is 1.32 bits per heavy atom. The maximum absolute atomic E-state index is 11.6. The largest absolute Gasteiger partial charge is 0.480 e. The average Bonchev–Trinajstić information content (AvgIpc) is 2.24. The molecular formula is C10H19NO6S2. The van der Waals surface area contributed by atoms with Crippen LogP contribution in [0.2, 0.25) is 0 Å². The van der Waals surface area contributed by atoms with E-state index >= 15 is 0 Å². The Morgan fingerprint density at radius 2 is 1.84 bits per heavy atom. The van der Waals surface area contributed by atoms with Crippen LogP contribution in [-0.4, -0.2) is 58.2 Å². The quantitative estimate of drug-likeness (QED) is 0.602. The topological polar surface area (TPSA) is 118 Å². The molecule has 2 unspecified atom stereocenters. The van der Waals surface area contributed by atoms with E-state index in [2.05, 4.69) is 5.32 Å². The number of hydrogen-bond acceptors (Lipinski definition) is 5. The van der Waals surface area contributed by atoms with Crippen molar-refractivity contribution in [2.45, 2.75) is 32.1 Å². The summed E-state index contributed by atoms with van der Waals surface area (Å²) in [6.45, 7) is 4.20. The predicted octanol–water partition coefficient (Wildman–Crippen LogP) is -0.852. The molecule has 112 valence electrons. The van der Waals surface area contributed by atoms with Crippen LogP contribution in [0.4, 0.5) is 0 Å². The first kappa shape index (κ1) is 18.0. The van der Waals surface area contributed by atoms with Gasteiger partial charge in [-0.25, -0.2) is 13.2 Å². The van der Waals surface area contributed by atoms with Gasteiger partial charge in [0.1, 0.15) is 6.04 Å². The number of nitrogens with one attached hydrogen (secondary N) is 1. The molecule has 2 atom stereocenters. The van der Waals surface area contributed by atoms with Crippen molar-refractivity contribution in [2.75, 3.05) is 17.3 Å². The lowest BCUT2D eigenvalue weighted by molar-refractivity contribution is -0.140. The second-order valence-corrected chi connectivity index (χ2v) is 8.62. The Morgan fingerprint density at radius 3 is 2.21 bits per heavy atom. The second-order valence-electron chi connectivity index (χ2n) is 4.32. The summed E-state index contributed by atoms with van der Waals surface area (Å²) in [6.07, 6.45) is 0. The van der Waals surface area contributed by atoms with Gasteiger partial charge in [0.2, 0.25) is 5.91 Å². The van der Waals surface area contributed by atoms with E-state index < -0.39 is 43.8 Å². The molecule has 1 amide bonds. The number of amides is 1. The lowest BCUT2D eigenvalue weighted by Gasteiger charge is -2.13. The lowest BCUT2D eigenvalue weighted by atomic mass is 10.3. The SMILES string of the molecule is CC(=O)NC(CS(=O)CCS(=O)(=O)C(C)C)C(=O)O.